The number of hydrogen-bond donors (Lipinski definition) is 1. The number of fused-ring (bicyclic) bond motifs is 3. The molecule has 2 aromatic rings. The Morgan fingerprint density at radius 3 is 2.46 bits per heavy atom. The van der Waals surface area contributed by atoms with Crippen molar-refractivity contribution in [3.8, 4) is 5.88 Å². The topological polar surface area (TPSA) is 149 Å². The maximum atomic E-state index is 14.6. The molecule has 5 atom stereocenters. The van der Waals surface area contributed by atoms with Gasteiger partial charge in [-0.15, -0.1) is 0 Å². The van der Waals surface area contributed by atoms with Crippen LogP contribution >= 0.6 is 0 Å². The number of nitrogens with zero attached hydrogens (tertiary/aromatic N) is 2. The number of hydrogen-bond acceptors (Lipinski definition) is 9. The van der Waals surface area contributed by atoms with Gasteiger partial charge >= 0.3 is 5.97 Å². The number of aromatic nitrogens is 1. The van der Waals surface area contributed by atoms with Crippen LogP contribution in [0.15, 0.2) is 30.5 Å². The Balaban J connectivity index is 1.31. The van der Waals surface area contributed by atoms with Gasteiger partial charge in [-0.1, -0.05) is 71.9 Å². The van der Waals surface area contributed by atoms with Gasteiger partial charge in [0, 0.05) is 24.4 Å². The summed E-state index contributed by atoms with van der Waals surface area (Å²) in [7, 11) is -3.80. The monoisotopic (exact) mass is 737 g/mol. The summed E-state index contributed by atoms with van der Waals surface area (Å²) < 4.78 is 40.0. The molecule has 1 saturated heterocycles. The highest BCUT2D eigenvalue weighted by molar-refractivity contribution is 7.90. The molecule has 1 aromatic carbocycles. The molecule has 1 N–H and O–H groups in total. The third kappa shape index (κ3) is 8.63. The fourth-order valence-corrected chi connectivity index (χ4v) is 9.54. The molecule has 12 heteroatoms. The van der Waals surface area contributed by atoms with Crippen molar-refractivity contribution in [1.29, 1.82) is 0 Å². The second-order valence-corrected chi connectivity index (χ2v) is 18.6. The summed E-state index contributed by atoms with van der Waals surface area (Å²) in [5.74, 6) is -2.21. The average Bonchev–Trinajstić information content (AvgIpc) is 4.02. The van der Waals surface area contributed by atoms with Gasteiger partial charge in [0.2, 0.25) is 27.7 Å². The van der Waals surface area contributed by atoms with E-state index in [4.69, 9.17) is 9.47 Å². The Bertz CT molecular complexity index is 1780. The molecule has 4 aliphatic rings. The number of pyridine rings is 1. The van der Waals surface area contributed by atoms with Crippen LogP contribution in [0.1, 0.15) is 117 Å². The number of ether oxygens (including phenoxy) is 2. The van der Waals surface area contributed by atoms with E-state index in [0.29, 0.717) is 38.2 Å². The molecule has 3 fully saturated rings. The van der Waals surface area contributed by atoms with Crippen LogP contribution in [0.2, 0.25) is 0 Å². The summed E-state index contributed by atoms with van der Waals surface area (Å²) in [6.45, 7) is 8.03. The van der Waals surface area contributed by atoms with E-state index in [1.165, 1.54) is 10.5 Å². The molecule has 6 rings (SSSR count). The van der Waals surface area contributed by atoms with E-state index in [1.807, 2.05) is 33.8 Å². The molecule has 11 nitrogen and oxygen atoms in total. The van der Waals surface area contributed by atoms with Crippen molar-refractivity contribution in [2.24, 2.45) is 22.7 Å². The lowest BCUT2D eigenvalue weighted by Gasteiger charge is -2.34. The number of benzene rings is 1. The van der Waals surface area contributed by atoms with Crippen molar-refractivity contribution in [1.82, 2.24) is 14.6 Å². The molecule has 2 amide bonds. The summed E-state index contributed by atoms with van der Waals surface area (Å²) in [6.07, 6.45) is 10.0. The maximum Gasteiger partial charge on any atom is 0.306 e. The van der Waals surface area contributed by atoms with Crippen LogP contribution in [0, 0.1) is 22.7 Å². The molecule has 0 radical (unpaired) electrons. The average molecular weight is 738 g/mol. The van der Waals surface area contributed by atoms with Crippen LogP contribution in [0.5, 0.6) is 5.88 Å². The van der Waals surface area contributed by atoms with E-state index in [2.05, 4.69) is 27.9 Å². The first kappa shape index (κ1) is 38.2. The van der Waals surface area contributed by atoms with E-state index < -0.39 is 56.0 Å². The Kier molecular flexibility index (Phi) is 11.3. The molecule has 284 valence electrons. The van der Waals surface area contributed by atoms with Crippen LogP contribution in [0.4, 0.5) is 0 Å². The number of carbonyl (C=O) groups excluding carboxylic acids is 4. The van der Waals surface area contributed by atoms with Crippen molar-refractivity contribution in [2.75, 3.05) is 13.2 Å². The first-order valence-electron chi connectivity index (χ1n) is 19.3. The zero-order chi connectivity index (χ0) is 37.3. The number of ketones is 1. The highest BCUT2D eigenvalue weighted by Crippen LogP contribution is 2.58. The number of rotatable bonds is 7. The van der Waals surface area contributed by atoms with Gasteiger partial charge in [-0.2, -0.15) is 0 Å². The summed E-state index contributed by atoms with van der Waals surface area (Å²) in [5, 5.41) is 1.27. The Labute approximate surface area is 308 Å². The minimum absolute atomic E-state index is 0.0983. The smallest absolute Gasteiger partial charge is 0.306 e. The molecular weight excluding hydrogens is 683 g/mol. The van der Waals surface area contributed by atoms with Crippen molar-refractivity contribution in [3.05, 3.63) is 36.0 Å². The minimum atomic E-state index is -3.80. The van der Waals surface area contributed by atoms with Gasteiger partial charge in [0.15, 0.2) is 5.78 Å². The fourth-order valence-electron chi connectivity index (χ4n) is 8.15. The van der Waals surface area contributed by atoms with Gasteiger partial charge in [0.05, 0.1) is 42.2 Å². The number of amides is 2. The van der Waals surface area contributed by atoms with E-state index in [-0.39, 0.29) is 43.4 Å². The van der Waals surface area contributed by atoms with Crippen molar-refractivity contribution in [2.45, 2.75) is 135 Å². The Hall–Kier alpha value is -3.54. The van der Waals surface area contributed by atoms with Crippen LogP contribution in [-0.2, 0) is 40.4 Å². The minimum Gasteiger partial charge on any atom is -0.472 e. The zero-order valence-corrected chi connectivity index (χ0v) is 32.0. The summed E-state index contributed by atoms with van der Waals surface area (Å²) in [6, 6.07) is 7.34. The van der Waals surface area contributed by atoms with Crippen molar-refractivity contribution < 1.29 is 37.1 Å². The molecule has 1 aromatic heterocycles. The fraction of sp³-hybridized carbons (Fsp3) is 0.675. The van der Waals surface area contributed by atoms with Crippen LogP contribution < -0.4 is 9.46 Å². The second kappa shape index (κ2) is 15.4. The SMILES string of the molecule is CC[C@H]1C[C@]1(CC(=O)[C@@H]1C[C@@H]2CN1C(=O)[C@H](C(C)(C)C)CC(=O)OCCCCCCCCc1ccc3ccnc(c3c1)O2)C(=O)NS(=O)(=O)C1CC1. The standard InChI is InChI=1S/C40H55N3O8S/c1-5-28-23-40(28,38(47)42-52(48,49)30-15-16-30)24-34(44)33-21-29-25-43(33)37(46)32(39(2,3)4)22-35(45)50-19-11-9-7-6-8-10-12-26-13-14-27-17-18-41-36(51-29)31(27)20-26/h13-14,17-18,20,28-30,32-33H,5-12,15-16,19,21-25H2,1-4H3,(H,42,47)/t28-,29+,32+,33-,40+/m0/s1. The van der Waals surface area contributed by atoms with Gasteiger partial charge in [0.25, 0.3) is 0 Å². The van der Waals surface area contributed by atoms with E-state index in [9.17, 15) is 27.6 Å². The highest BCUT2D eigenvalue weighted by Gasteiger charge is 2.61. The quantitative estimate of drug-likeness (QED) is 0.335. The van der Waals surface area contributed by atoms with Gasteiger partial charge in [-0.3, -0.25) is 23.9 Å². The number of Topliss-reactive ketones (excluding diaryl/α,β-unsaturated/α-hetero) is 1. The molecule has 2 aliphatic heterocycles. The van der Waals surface area contributed by atoms with E-state index in [0.717, 1.165) is 55.7 Å². The lowest BCUT2D eigenvalue weighted by molar-refractivity contribution is -0.153. The number of aryl methyl sites for hydroxylation is 1. The molecule has 0 unspecified atom stereocenters. The Morgan fingerprint density at radius 1 is 1.04 bits per heavy atom. The first-order valence-corrected chi connectivity index (χ1v) is 20.9. The number of carbonyl (C=O) groups is 4. The van der Waals surface area contributed by atoms with Crippen molar-refractivity contribution in [3.63, 3.8) is 0 Å². The number of sulfonamides is 1. The molecular formula is C40H55N3O8S. The summed E-state index contributed by atoms with van der Waals surface area (Å²) in [5.41, 5.74) is -0.590. The number of cyclic esters (lactones) is 1. The summed E-state index contributed by atoms with van der Waals surface area (Å²) >= 11 is 0. The van der Waals surface area contributed by atoms with Crippen LogP contribution in [0.25, 0.3) is 10.8 Å². The van der Waals surface area contributed by atoms with Gasteiger partial charge in [-0.25, -0.2) is 13.4 Å². The molecule has 52 heavy (non-hydrogen) atoms. The van der Waals surface area contributed by atoms with Crippen LogP contribution in [0.3, 0.4) is 0 Å². The second-order valence-electron chi connectivity index (χ2n) is 16.7. The van der Waals surface area contributed by atoms with Crippen molar-refractivity contribution >= 4 is 44.4 Å². The molecule has 4 bridgehead atoms. The predicted octanol–water partition coefficient (Wildman–Crippen LogP) is 6.06. The lowest BCUT2D eigenvalue weighted by Crippen LogP contribution is -2.48. The molecule has 2 aliphatic carbocycles. The lowest BCUT2D eigenvalue weighted by atomic mass is 9.77. The van der Waals surface area contributed by atoms with E-state index >= 15 is 0 Å². The predicted molar refractivity (Wildman–Crippen MR) is 197 cm³/mol. The maximum absolute atomic E-state index is 14.6. The third-order valence-corrected chi connectivity index (χ3v) is 13.5. The molecule has 0 spiro atoms. The third-order valence-electron chi connectivity index (χ3n) is 11.7. The summed E-state index contributed by atoms with van der Waals surface area (Å²) in [4.78, 5) is 61.9. The number of nitrogens with one attached hydrogen (secondary N) is 1. The number of esters is 1. The molecule has 3 heterocycles. The van der Waals surface area contributed by atoms with Gasteiger partial charge in [0.1, 0.15) is 6.10 Å². The highest BCUT2D eigenvalue weighted by atomic mass is 32.2. The zero-order valence-electron chi connectivity index (χ0n) is 31.2. The van der Waals surface area contributed by atoms with Gasteiger partial charge in [-0.05, 0) is 72.9 Å². The van der Waals surface area contributed by atoms with E-state index in [1.54, 1.807) is 6.20 Å². The van der Waals surface area contributed by atoms with Gasteiger partial charge < -0.3 is 14.4 Å². The largest absolute Gasteiger partial charge is 0.472 e. The normalized spacial score (nSPS) is 28.1. The molecule has 2 saturated carbocycles. The first-order chi connectivity index (χ1) is 24.7. The Morgan fingerprint density at radius 2 is 1.77 bits per heavy atom. The van der Waals surface area contributed by atoms with Crippen LogP contribution in [-0.4, -0.2) is 72.4 Å².